The molecule has 0 unspecified atom stereocenters. The molecule has 1 aromatic rings. The van der Waals surface area contributed by atoms with Crippen molar-refractivity contribution >= 4 is 17.7 Å². The van der Waals surface area contributed by atoms with E-state index < -0.39 is 6.09 Å². The molecule has 0 spiro atoms. The molecule has 1 fully saturated rings. The summed E-state index contributed by atoms with van der Waals surface area (Å²) in [7, 11) is 1.79. The highest BCUT2D eigenvalue weighted by molar-refractivity contribution is 5.97. The van der Waals surface area contributed by atoms with Crippen LogP contribution in [0, 0.1) is 5.92 Å². The Bertz CT molecular complexity index is 541. The third-order valence-corrected chi connectivity index (χ3v) is 3.82. The van der Waals surface area contributed by atoms with Gasteiger partial charge in [-0.15, -0.1) is 0 Å². The zero-order valence-corrected chi connectivity index (χ0v) is 16.4. The maximum absolute atomic E-state index is 12.5. The standard InChI is InChI=1S/C15H21N3O3.2C2H6/c1-3-10-7-18(8-10)14(19)13-6-12(17-2)5-4-11(13)9-21-15(16)20;2*1-2/h4-6,10,17H,3,7-9H2,1-2H3,(H2,16,20);2*1-2H3. The molecule has 0 bridgehead atoms. The first-order chi connectivity index (χ1) is 12.0. The van der Waals surface area contributed by atoms with Crippen LogP contribution < -0.4 is 11.1 Å². The molecule has 0 aliphatic carbocycles. The van der Waals surface area contributed by atoms with Gasteiger partial charge in [0.2, 0.25) is 0 Å². The largest absolute Gasteiger partial charge is 0.445 e. The van der Waals surface area contributed by atoms with Crippen molar-refractivity contribution < 1.29 is 14.3 Å². The van der Waals surface area contributed by atoms with Crippen LogP contribution in [0.4, 0.5) is 10.5 Å². The molecule has 6 nitrogen and oxygen atoms in total. The number of carbonyl (C=O) groups excluding carboxylic acids is 2. The summed E-state index contributed by atoms with van der Waals surface area (Å²) >= 11 is 0. The quantitative estimate of drug-likeness (QED) is 0.843. The normalized spacial score (nSPS) is 12.6. The fourth-order valence-electron chi connectivity index (χ4n) is 2.37. The van der Waals surface area contributed by atoms with Crippen molar-refractivity contribution in [3.8, 4) is 0 Å². The summed E-state index contributed by atoms with van der Waals surface area (Å²) < 4.78 is 4.81. The molecule has 3 N–H and O–H groups in total. The van der Waals surface area contributed by atoms with Crippen LogP contribution in [0.1, 0.15) is 57.0 Å². The van der Waals surface area contributed by atoms with Crippen LogP contribution in [-0.2, 0) is 11.3 Å². The van der Waals surface area contributed by atoms with Gasteiger partial charge in [-0.25, -0.2) is 4.79 Å². The Balaban J connectivity index is 0.00000134. The second-order valence-electron chi connectivity index (χ2n) is 5.21. The van der Waals surface area contributed by atoms with Crippen molar-refractivity contribution in [3.05, 3.63) is 29.3 Å². The molecular formula is C19H33N3O3. The summed E-state index contributed by atoms with van der Waals surface area (Å²) in [5, 5.41) is 3.01. The Morgan fingerprint density at radius 1 is 1.24 bits per heavy atom. The molecule has 6 heteroatoms. The molecule has 2 amide bonds. The summed E-state index contributed by atoms with van der Waals surface area (Å²) in [6.45, 7) is 11.7. The Morgan fingerprint density at radius 2 is 1.84 bits per heavy atom. The zero-order valence-electron chi connectivity index (χ0n) is 16.4. The van der Waals surface area contributed by atoms with Crippen LogP contribution in [-0.4, -0.2) is 37.0 Å². The highest BCUT2D eigenvalue weighted by Gasteiger charge is 2.31. The molecule has 1 saturated heterocycles. The lowest BCUT2D eigenvalue weighted by Gasteiger charge is -2.39. The van der Waals surface area contributed by atoms with Gasteiger partial charge in [0.1, 0.15) is 6.61 Å². The van der Waals surface area contributed by atoms with Gasteiger partial charge < -0.3 is 20.7 Å². The number of nitrogens with two attached hydrogens (primary N) is 1. The van der Waals surface area contributed by atoms with Crippen molar-refractivity contribution in [1.29, 1.82) is 0 Å². The number of amides is 2. The van der Waals surface area contributed by atoms with Gasteiger partial charge in [0.25, 0.3) is 5.91 Å². The van der Waals surface area contributed by atoms with Crippen LogP contribution in [0.15, 0.2) is 18.2 Å². The molecule has 1 aliphatic heterocycles. The number of hydrogen-bond donors (Lipinski definition) is 2. The summed E-state index contributed by atoms with van der Waals surface area (Å²) in [5.41, 5.74) is 7.05. The van der Waals surface area contributed by atoms with E-state index in [0.717, 1.165) is 25.2 Å². The van der Waals surface area contributed by atoms with Crippen LogP contribution in [0.3, 0.4) is 0 Å². The van der Waals surface area contributed by atoms with E-state index in [1.807, 2.05) is 38.7 Å². The van der Waals surface area contributed by atoms with Gasteiger partial charge in [-0.3, -0.25) is 4.79 Å². The Kier molecular flexibility index (Phi) is 11.1. The fraction of sp³-hybridized carbons (Fsp3) is 0.579. The first-order valence-corrected chi connectivity index (χ1v) is 9.07. The first kappa shape index (κ1) is 22.8. The molecule has 1 aromatic carbocycles. The summed E-state index contributed by atoms with van der Waals surface area (Å²) in [4.78, 5) is 25.1. The monoisotopic (exact) mass is 351 g/mol. The molecule has 2 rings (SSSR count). The number of rotatable bonds is 5. The van der Waals surface area contributed by atoms with E-state index in [0.29, 0.717) is 17.0 Å². The van der Waals surface area contributed by atoms with Gasteiger partial charge >= 0.3 is 6.09 Å². The lowest BCUT2D eigenvalue weighted by Crippen LogP contribution is -2.49. The van der Waals surface area contributed by atoms with Crippen molar-refractivity contribution in [2.45, 2.75) is 47.6 Å². The minimum Gasteiger partial charge on any atom is -0.445 e. The van der Waals surface area contributed by atoms with E-state index in [2.05, 4.69) is 12.2 Å². The second kappa shape index (κ2) is 12.2. The predicted molar refractivity (Wildman–Crippen MR) is 103 cm³/mol. The Labute approximate surface area is 151 Å². The number of likely N-dealkylation sites (tertiary alicyclic amines) is 1. The van der Waals surface area contributed by atoms with Gasteiger partial charge in [0.15, 0.2) is 0 Å². The van der Waals surface area contributed by atoms with Crippen molar-refractivity contribution in [2.24, 2.45) is 11.7 Å². The molecule has 0 radical (unpaired) electrons. The summed E-state index contributed by atoms with van der Waals surface area (Å²) in [5.74, 6) is 0.562. The Morgan fingerprint density at radius 3 is 2.32 bits per heavy atom. The molecule has 142 valence electrons. The minimum atomic E-state index is -0.846. The van der Waals surface area contributed by atoms with Gasteiger partial charge in [0.05, 0.1) is 0 Å². The van der Waals surface area contributed by atoms with Crippen molar-refractivity contribution in [1.82, 2.24) is 4.90 Å². The lowest BCUT2D eigenvalue weighted by atomic mass is 9.95. The van der Waals surface area contributed by atoms with E-state index in [1.165, 1.54) is 0 Å². The predicted octanol–water partition coefficient (Wildman–Crippen LogP) is 3.86. The van der Waals surface area contributed by atoms with Gasteiger partial charge in [-0.1, -0.05) is 40.7 Å². The van der Waals surface area contributed by atoms with Gasteiger partial charge in [-0.05, 0) is 24.5 Å². The van der Waals surface area contributed by atoms with Crippen LogP contribution in [0.25, 0.3) is 0 Å². The molecule has 0 atom stereocenters. The average Bonchev–Trinajstić information content (AvgIpc) is 2.62. The smallest absolute Gasteiger partial charge is 0.404 e. The first-order valence-electron chi connectivity index (χ1n) is 9.07. The number of anilines is 1. The van der Waals surface area contributed by atoms with Crippen LogP contribution in [0.5, 0.6) is 0 Å². The molecule has 25 heavy (non-hydrogen) atoms. The minimum absolute atomic E-state index is 0.00540. The van der Waals surface area contributed by atoms with E-state index >= 15 is 0 Å². The van der Waals surface area contributed by atoms with E-state index in [9.17, 15) is 9.59 Å². The maximum atomic E-state index is 12.5. The number of nitrogens with one attached hydrogen (secondary N) is 1. The molecule has 1 aliphatic rings. The molecular weight excluding hydrogens is 318 g/mol. The van der Waals surface area contributed by atoms with Crippen LogP contribution >= 0.6 is 0 Å². The second-order valence-corrected chi connectivity index (χ2v) is 5.21. The molecule has 1 heterocycles. The number of hydrogen-bond acceptors (Lipinski definition) is 4. The molecule has 0 aromatic heterocycles. The number of ether oxygens (including phenoxy) is 1. The highest BCUT2D eigenvalue weighted by Crippen LogP contribution is 2.24. The highest BCUT2D eigenvalue weighted by atomic mass is 16.5. The van der Waals surface area contributed by atoms with Gasteiger partial charge in [0, 0.05) is 37.0 Å². The van der Waals surface area contributed by atoms with E-state index in [-0.39, 0.29) is 12.5 Å². The number of nitrogens with zero attached hydrogens (tertiary/aromatic N) is 1. The summed E-state index contributed by atoms with van der Waals surface area (Å²) in [6, 6.07) is 5.39. The average molecular weight is 351 g/mol. The zero-order chi connectivity index (χ0) is 19.4. The summed E-state index contributed by atoms with van der Waals surface area (Å²) in [6.07, 6.45) is 0.235. The van der Waals surface area contributed by atoms with Crippen molar-refractivity contribution in [3.63, 3.8) is 0 Å². The SMILES string of the molecule is CC.CC.CCC1CN(C(=O)c2cc(NC)ccc2COC(N)=O)C1. The number of carbonyl (C=O) groups is 2. The van der Waals surface area contributed by atoms with E-state index in [4.69, 9.17) is 10.5 Å². The van der Waals surface area contributed by atoms with Gasteiger partial charge in [-0.2, -0.15) is 0 Å². The van der Waals surface area contributed by atoms with E-state index in [1.54, 1.807) is 19.2 Å². The topological polar surface area (TPSA) is 84.7 Å². The maximum Gasteiger partial charge on any atom is 0.404 e. The van der Waals surface area contributed by atoms with Crippen LogP contribution in [0.2, 0.25) is 0 Å². The lowest BCUT2D eigenvalue weighted by molar-refractivity contribution is 0.0490. The fourth-order valence-corrected chi connectivity index (χ4v) is 2.37. The number of benzene rings is 1. The third-order valence-electron chi connectivity index (χ3n) is 3.82. The Hall–Kier alpha value is -2.24. The third kappa shape index (κ3) is 6.64. The number of primary amides is 1. The molecule has 0 saturated carbocycles. The van der Waals surface area contributed by atoms with Crippen molar-refractivity contribution in [2.75, 3.05) is 25.5 Å².